The molecule has 4 aromatic rings. The number of aryl methyl sites for hydroxylation is 3. The van der Waals surface area contributed by atoms with E-state index in [9.17, 15) is 14.4 Å². The highest BCUT2D eigenvalue weighted by atomic mass is 32.2. The Morgan fingerprint density at radius 3 is 2.56 bits per heavy atom. The van der Waals surface area contributed by atoms with E-state index in [-0.39, 0.29) is 5.69 Å². The minimum absolute atomic E-state index is 0.265. The number of unbranched alkanes of at least 4 members (excludes halogenated alkanes) is 1. The highest BCUT2D eigenvalue weighted by molar-refractivity contribution is 7.98. The molecule has 168 valence electrons. The van der Waals surface area contributed by atoms with Gasteiger partial charge in [-0.15, -0.1) is 5.10 Å². The first-order valence-electron chi connectivity index (χ1n) is 10.5. The largest absolute Gasteiger partial charge is 0.343 e. The summed E-state index contributed by atoms with van der Waals surface area (Å²) in [5, 5.41) is 7.20. The molecule has 0 spiro atoms. The second-order valence-corrected chi connectivity index (χ2v) is 8.45. The third-order valence-corrected chi connectivity index (χ3v) is 6.33. The molecular weight excluding hydrogens is 430 g/mol. The zero-order chi connectivity index (χ0) is 22.7. The van der Waals surface area contributed by atoms with Crippen LogP contribution in [-0.2, 0) is 32.3 Å². The molecule has 0 aliphatic carbocycles. The van der Waals surface area contributed by atoms with Gasteiger partial charge in [0.2, 0.25) is 0 Å². The Hall–Kier alpha value is -3.34. The van der Waals surface area contributed by atoms with Crippen molar-refractivity contribution in [2.45, 2.75) is 50.2 Å². The van der Waals surface area contributed by atoms with Gasteiger partial charge in [0, 0.05) is 20.1 Å². The van der Waals surface area contributed by atoms with Crippen LogP contribution in [0.2, 0.25) is 0 Å². The lowest BCUT2D eigenvalue weighted by Gasteiger charge is -2.06. The van der Waals surface area contributed by atoms with Gasteiger partial charge in [-0.25, -0.2) is 19.7 Å². The molecule has 0 saturated carbocycles. The SMILES string of the molecule is CCCCn1c(=O)[nH]c(=O)c2c1nc(CSc1n[nH]c(=O)n1CCc1ccccc1)n2C. The Kier molecular flexibility index (Phi) is 6.45. The van der Waals surface area contributed by atoms with E-state index < -0.39 is 11.2 Å². The zero-order valence-electron chi connectivity index (χ0n) is 18.0. The van der Waals surface area contributed by atoms with Crippen molar-refractivity contribution in [2.24, 2.45) is 7.05 Å². The summed E-state index contributed by atoms with van der Waals surface area (Å²) in [6.45, 7) is 3.03. The van der Waals surface area contributed by atoms with E-state index in [2.05, 4.69) is 20.2 Å². The van der Waals surface area contributed by atoms with Crippen LogP contribution in [-0.4, -0.2) is 33.9 Å². The number of H-pyrrole nitrogens is 2. The van der Waals surface area contributed by atoms with E-state index in [0.717, 1.165) is 18.4 Å². The minimum Gasteiger partial charge on any atom is -0.325 e. The van der Waals surface area contributed by atoms with Crippen LogP contribution in [0.4, 0.5) is 0 Å². The van der Waals surface area contributed by atoms with Gasteiger partial charge in [-0.1, -0.05) is 55.4 Å². The van der Waals surface area contributed by atoms with Crippen molar-refractivity contribution in [2.75, 3.05) is 0 Å². The molecule has 10 nitrogen and oxygen atoms in total. The quantitative estimate of drug-likeness (QED) is 0.370. The average Bonchev–Trinajstić information content (AvgIpc) is 3.30. The minimum atomic E-state index is -0.455. The molecule has 3 heterocycles. The highest BCUT2D eigenvalue weighted by Crippen LogP contribution is 2.21. The van der Waals surface area contributed by atoms with Gasteiger partial charge in [-0.05, 0) is 18.4 Å². The van der Waals surface area contributed by atoms with Crippen molar-refractivity contribution in [1.82, 2.24) is 33.9 Å². The average molecular weight is 456 g/mol. The smallest absolute Gasteiger partial charge is 0.325 e. The van der Waals surface area contributed by atoms with Crippen LogP contribution >= 0.6 is 11.8 Å². The molecule has 0 radical (unpaired) electrons. The summed E-state index contributed by atoms with van der Waals surface area (Å²) in [7, 11) is 1.75. The van der Waals surface area contributed by atoms with E-state index in [1.54, 1.807) is 16.2 Å². The van der Waals surface area contributed by atoms with Crippen LogP contribution in [0.5, 0.6) is 0 Å². The van der Waals surface area contributed by atoms with Crippen molar-refractivity contribution in [3.8, 4) is 0 Å². The summed E-state index contributed by atoms with van der Waals surface area (Å²) in [6, 6.07) is 9.94. The summed E-state index contributed by atoms with van der Waals surface area (Å²) in [5.74, 6) is 1.01. The van der Waals surface area contributed by atoms with E-state index in [1.807, 2.05) is 37.3 Å². The number of benzene rings is 1. The number of hydrogen-bond donors (Lipinski definition) is 2. The van der Waals surface area contributed by atoms with Gasteiger partial charge in [0.1, 0.15) is 5.82 Å². The number of imidazole rings is 1. The lowest BCUT2D eigenvalue weighted by molar-refractivity contribution is 0.613. The number of thioether (sulfide) groups is 1. The second kappa shape index (κ2) is 9.43. The maximum atomic E-state index is 12.4. The monoisotopic (exact) mass is 455 g/mol. The second-order valence-electron chi connectivity index (χ2n) is 7.51. The third-order valence-electron chi connectivity index (χ3n) is 5.36. The Bertz CT molecular complexity index is 1400. The summed E-state index contributed by atoms with van der Waals surface area (Å²) in [6.07, 6.45) is 2.43. The molecule has 0 saturated heterocycles. The van der Waals surface area contributed by atoms with E-state index in [4.69, 9.17) is 0 Å². The number of rotatable bonds is 9. The number of fused-ring (bicyclic) bond motifs is 1. The standard InChI is InChI=1S/C21H25N7O3S/c1-3-4-11-27-17-16(18(29)23-19(27)30)26(2)15(22-17)13-32-21-25-24-20(31)28(21)12-10-14-8-6-5-7-9-14/h5-9H,3-4,10-13H2,1-2H3,(H,24,31)(H,23,29,30). The molecule has 1 aromatic carbocycles. The fraction of sp³-hybridized carbons (Fsp3) is 0.381. The molecule has 4 rings (SSSR count). The molecule has 0 aliphatic rings. The Balaban J connectivity index is 1.58. The predicted molar refractivity (Wildman–Crippen MR) is 123 cm³/mol. The molecule has 2 N–H and O–H groups in total. The predicted octanol–water partition coefficient (Wildman–Crippen LogP) is 1.64. The van der Waals surface area contributed by atoms with Gasteiger partial charge >= 0.3 is 11.4 Å². The first-order valence-corrected chi connectivity index (χ1v) is 11.5. The van der Waals surface area contributed by atoms with Crippen LogP contribution in [0.1, 0.15) is 31.2 Å². The fourth-order valence-electron chi connectivity index (χ4n) is 3.57. The molecule has 0 fully saturated rings. The van der Waals surface area contributed by atoms with Crippen LogP contribution < -0.4 is 16.9 Å². The van der Waals surface area contributed by atoms with Crippen LogP contribution in [0.3, 0.4) is 0 Å². The van der Waals surface area contributed by atoms with Gasteiger partial charge < -0.3 is 4.57 Å². The molecule has 11 heteroatoms. The molecule has 32 heavy (non-hydrogen) atoms. The topological polar surface area (TPSA) is 123 Å². The molecule has 3 aromatic heterocycles. The maximum Gasteiger partial charge on any atom is 0.343 e. The Labute approximate surface area is 187 Å². The van der Waals surface area contributed by atoms with Gasteiger partial charge in [-0.3, -0.25) is 18.9 Å². The van der Waals surface area contributed by atoms with Crippen molar-refractivity contribution >= 4 is 22.9 Å². The molecule has 0 unspecified atom stereocenters. The summed E-state index contributed by atoms with van der Waals surface area (Å²) >= 11 is 1.36. The number of aromatic amines is 2. The third kappa shape index (κ3) is 4.33. The summed E-state index contributed by atoms with van der Waals surface area (Å²) < 4.78 is 4.81. The molecule has 0 bridgehead atoms. The van der Waals surface area contributed by atoms with Crippen LogP contribution in [0, 0.1) is 0 Å². The van der Waals surface area contributed by atoms with Crippen LogP contribution in [0.25, 0.3) is 11.2 Å². The number of nitrogens with one attached hydrogen (secondary N) is 2. The maximum absolute atomic E-state index is 12.4. The van der Waals surface area contributed by atoms with E-state index in [1.165, 1.54) is 16.3 Å². The first-order chi connectivity index (χ1) is 15.5. The van der Waals surface area contributed by atoms with Crippen molar-refractivity contribution in [3.63, 3.8) is 0 Å². The normalized spacial score (nSPS) is 11.4. The van der Waals surface area contributed by atoms with Crippen molar-refractivity contribution in [3.05, 3.63) is 73.0 Å². The lowest BCUT2D eigenvalue weighted by Crippen LogP contribution is -2.31. The molecule has 0 amide bonds. The Morgan fingerprint density at radius 2 is 1.81 bits per heavy atom. The lowest BCUT2D eigenvalue weighted by atomic mass is 10.1. The first kappa shape index (κ1) is 21.9. The van der Waals surface area contributed by atoms with E-state index in [0.29, 0.717) is 47.4 Å². The van der Waals surface area contributed by atoms with Crippen molar-refractivity contribution in [1.29, 1.82) is 0 Å². The van der Waals surface area contributed by atoms with Gasteiger partial charge in [0.25, 0.3) is 5.56 Å². The molecule has 0 aliphatic heterocycles. The van der Waals surface area contributed by atoms with Crippen LogP contribution in [0.15, 0.2) is 49.9 Å². The zero-order valence-corrected chi connectivity index (χ0v) is 18.8. The Morgan fingerprint density at radius 1 is 1.03 bits per heavy atom. The highest BCUT2D eigenvalue weighted by Gasteiger charge is 2.18. The van der Waals surface area contributed by atoms with E-state index >= 15 is 0 Å². The molecular formula is C21H25N7O3S. The van der Waals surface area contributed by atoms with Gasteiger partial charge in [0.15, 0.2) is 16.3 Å². The summed E-state index contributed by atoms with van der Waals surface area (Å²) in [4.78, 5) is 43.9. The fourth-order valence-corrected chi connectivity index (χ4v) is 4.53. The number of aromatic nitrogens is 7. The van der Waals surface area contributed by atoms with Gasteiger partial charge in [-0.2, -0.15) is 0 Å². The molecule has 0 atom stereocenters. The summed E-state index contributed by atoms with van der Waals surface area (Å²) in [5.41, 5.74) is 0.710. The van der Waals surface area contributed by atoms with Crippen molar-refractivity contribution < 1.29 is 0 Å². The number of nitrogens with zero attached hydrogens (tertiary/aromatic N) is 5. The number of hydrogen-bond acceptors (Lipinski definition) is 6. The van der Waals surface area contributed by atoms with Gasteiger partial charge in [0.05, 0.1) is 5.75 Å².